The van der Waals surface area contributed by atoms with Gasteiger partial charge in [0.25, 0.3) is 10.0 Å². The smallest absolute Gasteiger partial charge is 0.264 e. The first kappa shape index (κ1) is 32.5. The van der Waals surface area contributed by atoms with E-state index < -0.39 is 28.5 Å². The number of carbonyl (C=O) groups is 2. The highest BCUT2D eigenvalue weighted by Gasteiger charge is 2.35. The number of benzene rings is 4. The Balaban J connectivity index is 1.56. The zero-order valence-electron chi connectivity index (χ0n) is 24.7. The molecule has 0 unspecified atom stereocenters. The summed E-state index contributed by atoms with van der Waals surface area (Å²) in [7, 11) is -4.18. The molecule has 2 amide bonds. The molecule has 10 heteroatoms. The van der Waals surface area contributed by atoms with Crippen LogP contribution in [0.5, 0.6) is 0 Å². The van der Waals surface area contributed by atoms with E-state index in [-0.39, 0.29) is 35.5 Å². The molecule has 0 radical (unpaired) electrons. The van der Waals surface area contributed by atoms with E-state index in [0.717, 1.165) is 35.6 Å². The minimum atomic E-state index is -4.18. The van der Waals surface area contributed by atoms with Crippen molar-refractivity contribution in [2.24, 2.45) is 0 Å². The fourth-order valence-corrected chi connectivity index (χ4v) is 7.38. The Kier molecular flexibility index (Phi) is 10.8. The van der Waals surface area contributed by atoms with Crippen LogP contribution in [0.1, 0.15) is 36.8 Å². The second-order valence-corrected chi connectivity index (χ2v) is 13.9. The fourth-order valence-electron chi connectivity index (χ4n) is 5.61. The summed E-state index contributed by atoms with van der Waals surface area (Å²) in [6.07, 6.45) is 4.08. The number of nitrogens with zero attached hydrogens (tertiary/aromatic N) is 2. The van der Waals surface area contributed by atoms with Crippen molar-refractivity contribution < 1.29 is 18.0 Å². The van der Waals surface area contributed by atoms with Gasteiger partial charge >= 0.3 is 0 Å². The monoisotopic (exact) mass is 663 g/mol. The molecule has 5 rings (SSSR count). The summed E-state index contributed by atoms with van der Waals surface area (Å²) in [5, 5.41) is 4.09. The normalized spacial score (nSPS) is 14.1. The van der Waals surface area contributed by atoms with Crippen LogP contribution in [-0.2, 0) is 32.6 Å². The number of halogens is 2. The summed E-state index contributed by atoms with van der Waals surface area (Å²) in [4.78, 5) is 30.1. The van der Waals surface area contributed by atoms with E-state index in [9.17, 15) is 18.0 Å². The summed E-state index contributed by atoms with van der Waals surface area (Å²) < 4.78 is 29.1. The van der Waals surface area contributed by atoms with E-state index in [1.54, 1.807) is 60.7 Å². The van der Waals surface area contributed by atoms with Crippen LogP contribution in [0.25, 0.3) is 0 Å². The molecule has 0 spiro atoms. The van der Waals surface area contributed by atoms with Crippen molar-refractivity contribution in [3.8, 4) is 0 Å². The molecule has 45 heavy (non-hydrogen) atoms. The molecule has 0 aromatic heterocycles. The van der Waals surface area contributed by atoms with E-state index >= 15 is 0 Å². The number of hydrogen-bond donors (Lipinski definition) is 1. The lowest BCUT2D eigenvalue weighted by molar-refractivity contribution is -0.140. The van der Waals surface area contributed by atoms with Gasteiger partial charge in [-0.25, -0.2) is 8.42 Å². The van der Waals surface area contributed by atoms with Crippen LogP contribution in [0.2, 0.25) is 10.0 Å². The van der Waals surface area contributed by atoms with Gasteiger partial charge in [-0.15, -0.1) is 0 Å². The third kappa shape index (κ3) is 8.45. The van der Waals surface area contributed by atoms with Crippen molar-refractivity contribution in [1.29, 1.82) is 0 Å². The Morgan fingerprint density at radius 1 is 0.778 bits per heavy atom. The van der Waals surface area contributed by atoms with Gasteiger partial charge in [-0.05, 0) is 72.5 Å². The maximum Gasteiger partial charge on any atom is 0.264 e. The molecular formula is C35H35Cl2N3O4S. The Hall–Kier alpha value is -3.85. The molecule has 1 atom stereocenters. The molecule has 4 aromatic carbocycles. The Morgan fingerprint density at radius 3 is 2.04 bits per heavy atom. The molecule has 1 aliphatic rings. The number of sulfonamides is 1. The molecule has 1 fully saturated rings. The van der Waals surface area contributed by atoms with Crippen LogP contribution in [0.3, 0.4) is 0 Å². The summed E-state index contributed by atoms with van der Waals surface area (Å²) in [5.41, 5.74) is 1.86. The van der Waals surface area contributed by atoms with E-state index in [1.807, 2.05) is 36.4 Å². The van der Waals surface area contributed by atoms with Gasteiger partial charge in [0.2, 0.25) is 11.8 Å². The summed E-state index contributed by atoms with van der Waals surface area (Å²) in [6, 6.07) is 29.9. The Bertz CT molecular complexity index is 1700. The predicted molar refractivity (Wildman–Crippen MR) is 179 cm³/mol. The first-order valence-corrected chi connectivity index (χ1v) is 17.1. The first-order chi connectivity index (χ1) is 21.7. The predicted octanol–water partition coefficient (Wildman–Crippen LogP) is 6.89. The SMILES string of the molecule is O=C(NC1CCCC1)[C@H](Cc1ccccc1)N(Cc1cccc(Cl)c1)C(=O)CN(c1ccc(Cl)cc1)S(=O)(=O)c1ccccc1. The topological polar surface area (TPSA) is 86.8 Å². The van der Waals surface area contributed by atoms with Crippen LogP contribution in [0.15, 0.2) is 114 Å². The van der Waals surface area contributed by atoms with Gasteiger partial charge < -0.3 is 10.2 Å². The lowest BCUT2D eigenvalue weighted by Crippen LogP contribution is -2.54. The van der Waals surface area contributed by atoms with Gasteiger partial charge in [0.1, 0.15) is 12.6 Å². The fraction of sp³-hybridized carbons (Fsp3) is 0.257. The van der Waals surface area contributed by atoms with Crippen molar-refractivity contribution in [2.75, 3.05) is 10.8 Å². The first-order valence-electron chi connectivity index (χ1n) is 14.9. The zero-order chi connectivity index (χ0) is 31.8. The molecule has 1 saturated carbocycles. The lowest BCUT2D eigenvalue weighted by Gasteiger charge is -2.34. The van der Waals surface area contributed by atoms with Crippen LogP contribution < -0.4 is 9.62 Å². The molecule has 0 saturated heterocycles. The van der Waals surface area contributed by atoms with E-state index in [1.165, 1.54) is 17.0 Å². The number of nitrogens with one attached hydrogen (secondary N) is 1. The highest BCUT2D eigenvalue weighted by Crippen LogP contribution is 2.27. The number of carbonyl (C=O) groups excluding carboxylic acids is 2. The van der Waals surface area contributed by atoms with Crippen molar-refractivity contribution in [1.82, 2.24) is 10.2 Å². The second-order valence-electron chi connectivity index (χ2n) is 11.1. The van der Waals surface area contributed by atoms with E-state index in [0.29, 0.717) is 15.6 Å². The maximum atomic E-state index is 14.5. The van der Waals surface area contributed by atoms with Gasteiger partial charge in [0.15, 0.2) is 0 Å². The van der Waals surface area contributed by atoms with Crippen molar-refractivity contribution in [2.45, 2.75) is 55.6 Å². The average Bonchev–Trinajstić information content (AvgIpc) is 3.56. The quantitative estimate of drug-likeness (QED) is 0.179. The lowest BCUT2D eigenvalue weighted by atomic mass is 10.0. The summed E-state index contributed by atoms with van der Waals surface area (Å²) >= 11 is 12.4. The highest BCUT2D eigenvalue weighted by molar-refractivity contribution is 7.92. The largest absolute Gasteiger partial charge is 0.352 e. The average molecular weight is 665 g/mol. The van der Waals surface area contributed by atoms with Crippen molar-refractivity contribution in [3.05, 3.63) is 130 Å². The van der Waals surface area contributed by atoms with Gasteiger partial charge in [0.05, 0.1) is 10.6 Å². The molecule has 1 N–H and O–H groups in total. The minimum Gasteiger partial charge on any atom is -0.352 e. The Morgan fingerprint density at radius 2 is 1.40 bits per heavy atom. The van der Waals surface area contributed by atoms with Crippen molar-refractivity contribution >= 4 is 50.7 Å². The van der Waals surface area contributed by atoms with E-state index in [4.69, 9.17) is 23.2 Å². The van der Waals surface area contributed by atoms with Gasteiger partial charge in [-0.3, -0.25) is 13.9 Å². The third-order valence-corrected chi connectivity index (χ3v) is 10.2. The highest BCUT2D eigenvalue weighted by atomic mass is 35.5. The number of rotatable bonds is 12. The molecule has 0 aliphatic heterocycles. The number of hydrogen-bond acceptors (Lipinski definition) is 4. The summed E-state index contributed by atoms with van der Waals surface area (Å²) in [6.45, 7) is -0.490. The molecule has 234 valence electrons. The summed E-state index contributed by atoms with van der Waals surface area (Å²) in [5.74, 6) is -0.808. The van der Waals surface area contributed by atoms with Gasteiger partial charge in [-0.2, -0.15) is 0 Å². The molecule has 4 aromatic rings. The molecular weight excluding hydrogens is 629 g/mol. The number of amides is 2. The Labute approximate surface area is 274 Å². The van der Waals surface area contributed by atoms with Crippen LogP contribution >= 0.6 is 23.2 Å². The zero-order valence-corrected chi connectivity index (χ0v) is 27.0. The second kappa shape index (κ2) is 15.0. The van der Waals surface area contributed by atoms with Crippen LogP contribution in [0, 0.1) is 0 Å². The minimum absolute atomic E-state index is 0.0305. The molecule has 0 bridgehead atoms. The number of anilines is 1. The molecule has 1 aliphatic carbocycles. The molecule has 7 nitrogen and oxygen atoms in total. The standard InChI is InChI=1S/C35H35Cl2N3O4S/c36-28-18-20-31(21-19-28)40(45(43,44)32-16-5-2-6-17-32)25-34(41)39(24-27-12-9-13-29(37)22-27)33(23-26-10-3-1-4-11-26)35(42)38-30-14-7-8-15-30/h1-6,9-13,16-22,30,33H,7-8,14-15,23-25H2,(H,38,42)/t33-/m0/s1. The van der Waals surface area contributed by atoms with Crippen molar-refractivity contribution in [3.63, 3.8) is 0 Å². The van der Waals surface area contributed by atoms with Crippen LogP contribution in [-0.4, -0.2) is 43.8 Å². The van der Waals surface area contributed by atoms with Crippen LogP contribution in [0.4, 0.5) is 5.69 Å². The third-order valence-electron chi connectivity index (χ3n) is 7.94. The maximum absolute atomic E-state index is 14.5. The van der Waals surface area contributed by atoms with E-state index in [2.05, 4.69) is 5.32 Å². The van der Waals surface area contributed by atoms with Gasteiger partial charge in [0, 0.05) is 29.1 Å². The molecule has 0 heterocycles. The van der Waals surface area contributed by atoms with Gasteiger partial charge in [-0.1, -0.05) is 96.7 Å².